The molecule has 6 rings (SSSR count). The molecule has 6 heteroatoms. The molecule has 35 heavy (non-hydrogen) atoms. The summed E-state index contributed by atoms with van der Waals surface area (Å²) in [6.07, 6.45) is 7.32. The van der Waals surface area contributed by atoms with E-state index in [2.05, 4.69) is 44.5 Å². The second kappa shape index (κ2) is 8.52. The predicted octanol–water partition coefficient (Wildman–Crippen LogP) is 5.63. The maximum atomic E-state index is 14.0. The van der Waals surface area contributed by atoms with Crippen LogP contribution in [0, 0.1) is 28.6 Å². The van der Waals surface area contributed by atoms with Crippen LogP contribution in [0.15, 0.2) is 12.3 Å². The quantitative estimate of drug-likeness (QED) is 0.501. The van der Waals surface area contributed by atoms with Gasteiger partial charge in [0, 0.05) is 61.6 Å². The molecular weight excluding hydrogens is 442 g/mol. The van der Waals surface area contributed by atoms with E-state index in [4.69, 9.17) is 18.9 Å². The molecule has 0 spiro atoms. The molecule has 2 aromatic rings. The minimum Gasteiger partial charge on any atom is -0.454 e. The standard InChI is InChI=1S/C29H39NO5/c1-28(2)27(29(28,3)4)25(31)22-16-30(15-19-7-11-33-12-8-19)24-20(22)14-23-26(35-17-34-23)21(24)13-18-5-9-32-10-6-18/h14,16,18-19,27H,5-13,15,17H2,1-4H3. The van der Waals surface area contributed by atoms with Crippen LogP contribution in [-0.2, 0) is 22.4 Å². The number of Topliss-reactive ketones (excluding diaryl/α,β-unsaturated/α-hetero) is 1. The zero-order valence-corrected chi connectivity index (χ0v) is 21.7. The Labute approximate surface area is 208 Å². The van der Waals surface area contributed by atoms with Crippen LogP contribution in [0.25, 0.3) is 10.9 Å². The molecule has 190 valence electrons. The molecule has 3 fully saturated rings. The Morgan fingerprint density at radius 1 is 0.943 bits per heavy atom. The Bertz CT molecular complexity index is 1120. The van der Waals surface area contributed by atoms with Crippen molar-refractivity contribution in [3.8, 4) is 11.5 Å². The summed E-state index contributed by atoms with van der Waals surface area (Å²) in [5.41, 5.74) is 3.23. The topological polar surface area (TPSA) is 58.9 Å². The molecule has 6 nitrogen and oxygen atoms in total. The number of rotatable bonds is 6. The van der Waals surface area contributed by atoms with Crippen molar-refractivity contribution in [3.05, 3.63) is 23.4 Å². The molecule has 4 aliphatic rings. The first-order valence-corrected chi connectivity index (χ1v) is 13.4. The van der Waals surface area contributed by atoms with Gasteiger partial charge in [-0.2, -0.15) is 0 Å². The lowest BCUT2D eigenvalue weighted by molar-refractivity contribution is 0.0615. The number of hydrogen-bond acceptors (Lipinski definition) is 5. The maximum absolute atomic E-state index is 14.0. The van der Waals surface area contributed by atoms with Gasteiger partial charge in [-0.3, -0.25) is 4.79 Å². The average molecular weight is 482 g/mol. The molecule has 4 heterocycles. The molecule has 0 bridgehead atoms. The second-order valence-corrected chi connectivity index (χ2v) is 12.2. The number of nitrogens with zero attached hydrogens (tertiary/aromatic N) is 1. The molecule has 1 aromatic heterocycles. The summed E-state index contributed by atoms with van der Waals surface area (Å²) in [6.45, 7) is 13.3. The molecule has 1 saturated carbocycles. The molecule has 0 atom stereocenters. The van der Waals surface area contributed by atoms with Crippen LogP contribution >= 0.6 is 0 Å². The van der Waals surface area contributed by atoms with E-state index in [0.717, 1.165) is 87.5 Å². The summed E-state index contributed by atoms with van der Waals surface area (Å²) in [7, 11) is 0. The third kappa shape index (κ3) is 3.79. The normalized spacial score (nSPS) is 24.2. The van der Waals surface area contributed by atoms with Crippen molar-refractivity contribution in [1.29, 1.82) is 0 Å². The zero-order valence-electron chi connectivity index (χ0n) is 21.7. The fourth-order valence-corrected chi connectivity index (χ4v) is 6.91. The maximum Gasteiger partial charge on any atom is 0.231 e. The highest BCUT2D eigenvalue weighted by Gasteiger charge is 2.68. The van der Waals surface area contributed by atoms with Gasteiger partial charge in [0.1, 0.15) is 0 Å². The summed E-state index contributed by atoms with van der Waals surface area (Å²) in [5.74, 6) is 3.06. The minimum absolute atomic E-state index is 0.000478. The SMILES string of the molecule is CC1(C)C(C(=O)c2cn(CC3CCOCC3)c3c(CC4CCOCC4)c4c(cc23)OCO4)C1(C)C. The molecule has 2 saturated heterocycles. The predicted molar refractivity (Wildman–Crippen MR) is 134 cm³/mol. The van der Waals surface area contributed by atoms with Gasteiger partial charge in [-0.1, -0.05) is 27.7 Å². The number of ether oxygens (including phenoxy) is 4. The van der Waals surface area contributed by atoms with Crippen molar-refractivity contribution >= 4 is 16.7 Å². The van der Waals surface area contributed by atoms with E-state index in [1.807, 2.05) is 0 Å². The van der Waals surface area contributed by atoms with Crippen LogP contribution in [0.2, 0.25) is 0 Å². The van der Waals surface area contributed by atoms with Crippen LogP contribution < -0.4 is 9.47 Å². The summed E-state index contributed by atoms with van der Waals surface area (Å²) < 4.78 is 25.6. The number of hydrogen-bond donors (Lipinski definition) is 0. The lowest BCUT2D eigenvalue weighted by atomic mass is 9.90. The van der Waals surface area contributed by atoms with Gasteiger partial charge < -0.3 is 23.5 Å². The summed E-state index contributed by atoms with van der Waals surface area (Å²) in [5, 5.41) is 1.03. The molecular formula is C29H39NO5. The van der Waals surface area contributed by atoms with Gasteiger partial charge >= 0.3 is 0 Å². The van der Waals surface area contributed by atoms with Crippen molar-refractivity contribution in [2.24, 2.45) is 28.6 Å². The van der Waals surface area contributed by atoms with Gasteiger partial charge in [0.15, 0.2) is 17.3 Å². The largest absolute Gasteiger partial charge is 0.454 e. The molecule has 0 amide bonds. The molecule has 1 aromatic carbocycles. The van der Waals surface area contributed by atoms with E-state index in [1.54, 1.807) is 0 Å². The summed E-state index contributed by atoms with van der Waals surface area (Å²) in [4.78, 5) is 14.0. The van der Waals surface area contributed by atoms with E-state index < -0.39 is 0 Å². The Balaban J connectivity index is 1.48. The number of carbonyl (C=O) groups excluding carboxylic acids is 1. The Hall–Kier alpha value is -2.05. The van der Waals surface area contributed by atoms with Gasteiger partial charge in [0.05, 0.1) is 5.52 Å². The van der Waals surface area contributed by atoms with Crippen LogP contribution in [0.3, 0.4) is 0 Å². The highest BCUT2D eigenvalue weighted by atomic mass is 16.7. The number of carbonyl (C=O) groups is 1. The van der Waals surface area contributed by atoms with Crippen LogP contribution in [0.4, 0.5) is 0 Å². The number of benzene rings is 1. The fraction of sp³-hybridized carbons (Fsp3) is 0.690. The van der Waals surface area contributed by atoms with E-state index >= 15 is 0 Å². The van der Waals surface area contributed by atoms with Gasteiger partial charge in [-0.25, -0.2) is 0 Å². The van der Waals surface area contributed by atoms with E-state index in [1.165, 1.54) is 11.1 Å². The first-order valence-electron chi connectivity index (χ1n) is 13.4. The first kappa shape index (κ1) is 23.4. The van der Waals surface area contributed by atoms with Crippen molar-refractivity contribution in [2.75, 3.05) is 33.2 Å². The Kier molecular flexibility index (Phi) is 5.68. The lowest BCUT2D eigenvalue weighted by Crippen LogP contribution is -2.21. The van der Waals surface area contributed by atoms with E-state index in [9.17, 15) is 4.79 Å². The highest BCUT2D eigenvalue weighted by molar-refractivity contribution is 6.12. The fourth-order valence-electron chi connectivity index (χ4n) is 6.91. The van der Waals surface area contributed by atoms with Crippen LogP contribution in [0.1, 0.15) is 69.3 Å². The zero-order chi connectivity index (χ0) is 24.4. The average Bonchev–Trinajstić information content (AvgIpc) is 3.25. The van der Waals surface area contributed by atoms with Crippen LogP contribution in [-0.4, -0.2) is 43.6 Å². The van der Waals surface area contributed by atoms with Crippen molar-refractivity contribution in [3.63, 3.8) is 0 Å². The number of ketones is 1. The van der Waals surface area contributed by atoms with Crippen molar-refractivity contribution in [2.45, 2.75) is 66.3 Å². The van der Waals surface area contributed by atoms with Crippen molar-refractivity contribution in [1.82, 2.24) is 4.57 Å². The molecule has 0 unspecified atom stereocenters. The smallest absolute Gasteiger partial charge is 0.231 e. The lowest BCUT2D eigenvalue weighted by Gasteiger charge is -2.25. The van der Waals surface area contributed by atoms with E-state index in [-0.39, 0.29) is 29.3 Å². The third-order valence-electron chi connectivity index (χ3n) is 9.77. The van der Waals surface area contributed by atoms with Gasteiger partial charge in [-0.05, 0) is 60.8 Å². The summed E-state index contributed by atoms with van der Waals surface area (Å²) in [6, 6.07) is 2.07. The minimum atomic E-state index is 0.000478. The van der Waals surface area contributed by atoms with Gasteiger partial charge in [0.25, 0.3) is 0 Å². The number of fused-ring (bicyclic) bond motifs is 2. The third-order valence-corrected chi connectivity index (χ3v) is 9.77. The van der Waals surface area contributed by atoms with Crippen LogP contribution in [0.5, 0.6) is 11.5 Å². The van der Waals surface area contributed by atoms with Crippen molar-refractivity contribution < 1.29 is 23.7 Å². The molecule has 1 aliphatic carbocycles. The first-order chi connectivity index (χ1) is 16.8. The highest BCUT2D eigenvalue weighted by Crippen LogP contribution is 2.69. The Morgan fingerprint density at radius 2 is 1.57 bits per heavy atom. The molecule has 0 radical (unpaired) electrons. The monoisotopic (exact) mass is 481 g/mol. The summed E-state index contributed by atoms with van der Waals surface area (Å²) >= 11 is 0. The Morgan fingerprint density at radius 3 is 2.20 bits per heavy atom. The second-order valence-electron chi connectivity index (χ2n) is 12.2. The number of aromatic nitrogens is 1. The molecule has 3 aliphatic heterocycles. The van der Waals surface area contributed by atoms with Gasteiger partial charge in [-0.15, -0.1) is 0 Å². The van der Waals surface area contributed by atoms with Gasteiger partial charge in [0.2, 0.25) is 6.79 Å². The molecule has 0 N–H and O–H groups in total. The van der Waals surface area contributed by atoms with E-state index in [0.29, 0.717) is 11.8 Å².